The van der Waals surface area contributed by atoms with Crippen LogP contribution in [0.3, 0.4) is 0 Å². The predicted octanol–water partition coefficient (Wildman–Crippen LogP) is 7.11. The summed E-state index contributed by atoms with van der Waals surface area (Å²) < 4.78 is 44.3. The lowest BCUT2D eigenvalue weighted by atomic mass is 9.94. The fraction of sp³-hybridized carbons (Fsp3) is 0.231. The molecule has 2 atom stereocenters. The Kier molecular flexibility index (Phi) is 11.7. The van der Waals surface area contributed by atoms with Crippen LogP contribution in [0, 0.1) is 5.82 Å². The SMILES string of the molecule is CC(C)c1c(C(=O)Nc2ccc(NS(=O)(=O)c3ccccc3)cc2)c(-c2ccccc2)c(-c2ccc(F)cc2)n1CC[C@@H](O)C[C@@H](O)CC(=O)O. The fourth-order valence-corrected chi connectivity index (χ4v) is 7.20. The van der Waals surface area contributed by atoms with Crippen LogP contribution in [-0.2, 0) is 21.4 Å². The molecule has 0 bridgehead atoms. The van der Waals surface area contributed by atoms with Gasteiger partial charge in [0.2, 0.25) is 0 Å². The van der Waals surface area contributed by atoms with Crippen molar-refractivity contribution in [2.45, 2.75) is 62.7 Å². The van der Waals surface area contributed by atoms with Crippen LogP contribution in [0.15, 0.2) is 114 Å². The Balaban J connectivity index is 1.56. The number of nitrogens with zero attached hydrogens (tertiary/aromatic N) is 1. The van der Waals surface area contributed by atoms with Crippen LogP contribution >= 0.6 is 0 Å². The summed E-state index contributed by atoms with van der Waals surface area (Å²) in [6.45, 7) is 4.07. The Morgan fingerprint density at radius 2 is 1.37 bits per heavy atom. The lowest BCUT2D eigenvalue weighted by Gasteiger charge is -2.20. The number of aromatic nitrogens is 1. The number of aliphatic hydroxyl groups excluding tert-OH is 2. The van der Waals surface area contributed by atoms with E-state index in [1.165, 1.54) is 24.3 Å². The Morgan fingerprint density at radius 1 is 0.784 bits per heavy atom. The van der Waals surface area contributed by atoms with Gasteiger partial charge in [0.15, 0.2) is 0 Å². The maximum atomic E-state index is 14.4. The molecule has 0 radical (unpaired) electrons. The number of amides is 1. The van der Waals surface area contributed by atoms with Gasteiger partial charge in [0.05, 0.1) is 34.8 Å². The average Bonchev–Trinajstić information content (AvgIpc) is 3.44. The number of halogens is 1. The van der Waals surface area contributed by atoms with Crippen LogP contribution in [0.4, 0.5) is 15.8 Å². The lowest BCUT2D eigenvalue weighted by Crippen LogP contribution is -2.22. The van der Waals surface area contributed by atoms with E-state index < -0.39 is 46.3 Å². The summed E-state index contributed by atoms with van der Waals surface area (Å²) in [5, 5.41) is 33.0. The molecular weight excluding hydrogens is 674 g/mol. The Labute approximate surface area is 296 Å². The van der Waals surface area contributed by atoms with Gasteiger partial charge >= 0.3 is 5.97 Å². The van der Waals surface area contributed by atoms with Crippen LogP contribution in [0.5, 0.6) is 0 Å². The molecule has 5 aromatic rings. The maximum absolute atomic E-state index is 14.4. The smallest absolute Gasteiger partial charge is 0.305 e. The van der Waals surface area contributed by atoms with Gasteiger partial charge in [0.25, 0.3) is 15.9 Å². The van der Waals surface area contributed by atoms with Crippen molar-refractivity contribution in [1.82, 2.24) is 4.57 Å². The lowest BCUT2D eigenvalue weighted by molar-refractivity contribution is -0.139. The molecule has 5 N–H and O–H groups in total. The number of carbonyl (C=O) groups is 2. The summed E-state index contributed by atoms with van der Waals surface area (Å²) >= 11 is 0. The topological polar surface area (TPSA) is 158 Å². The van der Waals surface area contributed by atoms with E-state index in [1.807, 2.05) is 48.7 Å². The molecule has 12 heteroatoms. The van der Waals surface area contributed by atoms with Crippen LogP contribution in [-0.4, -0.2) is 52.4 Å². The molecule has 0 aliphatic rings. The van der Waals surface area contributed by atoms with Crippen molar-refractivity contribution in [2.24, 2.45) is 0 Å². The number of carboxylic acid groups (broad SMARTS) is 1. The van der Waals surface area contributed by atoms with Gasteiger partial charge in [0, 0.05) is 29.2 Å². The summed E-state index contributed by atoms with van der Waals surface area (Å²) in [7, 11) is -3.82. The number of hydrogen-bond donors (Lipinski definition) is 5. The van der Waals surface area contributed by atoms with Crippen molar-refractivity contribution < 1.29 is 37.7 Å². The van der Waals surface area contributed by atoms with Gasteiger partial charge in [-0.1, -0.05) is 62.4 Å². The molecule has 10 nitrogen and oxygen atoms in total. The molecule has 51 heavy (non-hydrogen) atoms. The van der Waals surface area contributed by atoms with Crippen LogP contribution < -0.4 is 10.0 Å². The van der Waals surface area contributed by atoms with E-state index in [0.717, 1.165) is 5.56 Å². The van der Waals surface area contributed by atoms with Gasteiger partial charge in [-0.25, -0.2) is 12.8 Å². The standard InChI is InChI=1S/C39H40FN3O7S/c1-25(2)37-36(39(48)41-29-17-19-30(20-18-29)42-51(49,50)33-11-7-4-8-12-33)35(26-9-5-3-6-10-26)38(27-13-15-28(40)16-14-27)43(37)22-21-31(44)23-32(45)24-34(46)47/h3-20,25,31-32,42,44-45H,21-24H2,1-2H3,(H,41,48)(H,46,47)/t31-,32-/m1/s1. The molecule has 0 aliphatic heterocycles. The zero-order valence-corrected chi connectivity index (χ0v) is 29.0. The zero-order chi connectivity index (χ0) is 36.7. The number of anilines is 2. The summed E-state index contributed by atoms with van der Waals surface area (Å²) in [6.07, 6.45) is -2.79. The minimum absolute atomic E-state index is 0.113. The van der Waals surface area contributed by atoms with E-state index in [2.05, 4.69) is 10.0 Å². The van der Waals surface area contributed by atoms with E-state index in [1.54, 1.807) is 54.6 Å². The Hall–Kier alpha value is -5.30. The zero-order valence-electron chi connectivity index (χ0n) is 28.2. The van der Waals surface area contributed by atoms with E-state index >= 15 is 0 Å². The van der Waals surface area contributed by atoms with Gasteiger partial charge in [0.1, 0.15) is 5.82 Å². The first-order valence-electron chi connectivity index (χ1n) is 16.5. The van der Waals surface area contributed by atoms with Crippen LogP contribution in [0.25, 0.3) is 22.4 Å². The maximum Gasteiger partial charge on any atom is 0.305 e. The minimum Gasteiger partial charge on any atom is -0.481 e. The number of benzene rings is 4. The van der Waals surface area contributed by atoms with Gasteiger partial charge in [-0.15, -0.1) is 0 Å². The van der Waals surface area contributed by atoms with Gasteiger partial charge < -0.3 is 25.2 Å². The van der Waals surface area contributed by atoms with Crippen molar-refractivity contribution in [3.63, 3.8) is 0 Å². The molecule has 266 valence electrons. The number of sulfonamides is 1. The monoisotopic (exact) mass is 713 g/mol. The van der Waals surface area contributed by atoms with E-state index in [9.17, 15) is 32.6 Å². The van der Waals surface area contributed by atoms with Crippen molar-refractivity contribution >= 4 is 33.3 Å². The highest BCUT2D eigenvalue weighted by molar-refractivity contribution is 7.92. The molecular formula is C39H40FN3O7S. The molecule has 0 aliphatic carbocycles. The molecule has 1 heterocycles. The molecule has 5 rings (SSSR count). The Morgan fingerprint density at radius 3 is 1.96 bits per heavy atom. The molecule has 0 saturated heterocycles. The first-order chi connectivity index (χ1) is 24.3. The average molecular weight is 714 g/mol. The minimum atomic E-state index is -3.82. The summed E-state index contributed by atoms with van der Waals surface area (Å²) in [5.74, 6) is -2.26. The van der Waals surface area contributed by atoms with Crippen LogP contribution in [0.2, 0.25) is 0 Å². The molecule has 4 aromatic carbocycles. The second-order valence-electron chi connectivity index (χ2n) is 12.5. The fourth-order valence-electron chi connectivity index (χ4n) is 6.12. The normalized spacial score (nSPS) is 12.7. The molecule has 1 aromatic heterocycles. The number of carboxylic acids is 1. The highest BCUT2D eigenvalue weighted by Gasteiger charge is 2.31. The van der Waals surface area contributed by atoms with Gasteiger partial charge in [-0.3, -0.25) is 14.3 Å². The van der Waals surface area contributed by atoms with Crippen LogP contribution in [0.1, 0.15) is 55.1 Å². The summed E-state index contributed by atoms with van der Waals surface area (Å²) in [6, 6.07) is 29.5. The first-order valence-corrected chi connectivity index (χ1v) is 18.0. The number of aliphatic carboxylic acids is 1. The van der Waals surface area contributed by atoms with E-state index in [0.29, 0.717) is 39.5 Å². The molecule has 0 unspecified atom stereocenters. The first kappa shape index (κ1) is 37.0. The Bertz CT molecular complexity index is 2070. The second-order valence-corrected chi connectivity index (χ2v) is 14.2. The quantitative estimate of drug-likeness (QED) is 0.0774. The largest absolute Gasteiger partial charge is 0.481 e. The molecule has 0 spiro atoms. The van der Waals surface area contributed by atoms with Crippen molar-refractivity contribution in [3.8, 4) is 22.4 Å². The number of hydrogen-bond acceptors (Lipinski definition) is 6. The third-order valence-corrected chi connectivity index (χ3v) is 9.74. The van der Waals surface area contributed by atoms with Gasteiger partial charge in [-0.2, -0.15) is 0 Å². The highest BCUT2D eigenvalue weighted by atomic mass is 32.2. The van der Waals surface area contributed by atoms with Gasteiger partial charge in [-0.05, 0) is 90.6 Å². The van der Waals surface area contributed by atoms with Crippen molar-refractivity contribution in [1.29, 1.82) is 0 Å². The highest BCUT2D eigenvalue weighted by Crippen LogP contribution is 2.42. The number of nitrogens with one attached hydrogen (secondary N) is 2. The molecule has 0 saturated carbocycles. The molecule has 0 fully saturated rings. The van der Waals surface area contributed by atoms with E-state index in [4.69, 9.17) is 5.11 Å². The number of rotatable bonds is 15. The van der Waals surface area contributed by atoms with Crippen molar-refractivity contribution in [3.05, 3.63) is 126 Å². The number of carbonyl (C=O) groups excluding carboxylic acids is 1. The molecule has 1 amide bonds. The predicted molar refractivity (Wildman–Crippen MR) is 194 cm³/mol. The van der Waals surface area contributed by atoms with E-state index in [-0.39, 0.29) is 30.2 Å². The number of aliphatic hydroxyl groups is 2. The third-order valence-electron chi connectivity index (χ3n) is 8.35. The summed E-state index contributed by atoms with van der Waals surface area (Å²) in [4.78, 5) is 25.6. The van der Waals surface area contributed by atoms with Crippen molar-refractivity contribution in [2.75, 3.05) is 10.0 Å². The summed E-state index contributed by atoms with van der Waals surface area (Å²) in [5.41, 5.74) is 4.31. The third kappa shape index (κ3) is 9.09. The second kappa shape index (κ2) is 16.2.